The molecule has 0 aliphatic carbocycles. The molecule has 0 saturated heterocycles. The van der Waals surface area contributed by atoms with E-state index in [-0.39, 0.29) is 6.61 Å². The quantitative estimate of drug-likeness (QED) is 0.383. The highest BCUT2D eigenvalue weighted by atomic mass is 32.1. The SMILES string of the molecule is COP(=O)(O)OCCCS. The molecule has 0 spiro atoms. The highest BCUT2D eigenvalue weighted by Crippen LogP contribution is 2.41. The lowest BCUT2D eigenvalue weighted by atomic mass is 10.5. The van der Waals surface area contributed by atoms with Gasteiger partial charge in [-0.1, -0.05) is 0 Å². The Morgan fingerprint density at radius 3 is 2.70 bits per heavy atom. The van der Waals surface area contributed by atoms with Gasteiger partial charge in [-0.25, -0.2) is 4.57 Å². The largest absolute Gasteiger partial charge is 0.471 e. The van der Waals surface area contributed by atoms with E-state index in [0.29, 0.717) is 12.2 Å². The summed E-state index contributed by atoms with van der Waals surface area (Å²) in [6.07, 6.45) is 0.636. The molecule has 0 amide bonds. The van der Waals surface area contributed by atoms with Crippen LogP contribution in [0.2, 0.25) is 0 Å². The fourth-order valence-corrected chi connectivity index (χ4v) is 0.891. The summed E-state index contributed by atoms with van der Waals surface area (Å²) in [7, 11) is -2.61. The third-order valence-corrected chi connectivity index (χ3v) is 2.07. The van der Waals surface area contributed by atoms with Crippen molar-refractivity contribution in [2.24, 2.45) is 0 Å². The molecule has 10 heavy (non-hydrogen) atoms. The van der Waals surface area contributed by atoms with Crippen LogP contribution in [0.5, 0.6) is 0 Å². The summed E-state index contributed by atoms with van der Waals surface area (Å²) >= 11 is 3.89. The zero-order valence-electron chi connectivity index (χ0n) is 5.69. The van der Waals surface area contributed by atoms with Crippen LogP contribution in [-0.2, 0) is 13.6 Å². The molecule has 0 fully saturated rings. The Bertz CT molecular complexity index is 128. The summed E-state index contributed by atoms with van der Waals surface area (Å²) in [6.45, 7) is 0.200. The molecule has 0 aromatic heterocycles. The van der Waals surface area contributed by atoms with E-state index in [1.54, 1.807) is 0 Å². The zero-order chi connectivity index (χ0) is 8.04. The maximum absolute atomic E-state index is 10.5. The molecule has 0 aromatic rings. The van der Waals surface area contributed by atoms with E-state index in [4.69, 9.17) is 4.89 Å². The number of rotatable bonds is 5. The number of phosphoric ester groups is 1. The van der Waals surface area contributed by atoms with Crippen LogP contribution in [0.1, 0.15) is 6.42 Å². The third-order valence-electron chi connectivity index (χ3n) is 0.788. The highest BCUT2D eigenvalue weighted by Gasteiger charge is 2.16. The number of thiol groups is 1. The van der Waals surface area contributed by atoms with Gasteiger partial charge in [0.25, 0.3) is 0 Å². The first kappa shape index (κ1) is 10.5. The van der Waals surface area contributed by atoms with Crippen LogP contribution >= 0.6 is 20.5 Å². The Hall–Kier alpha value is 0.460. The van der Waals surface area contributed by atoms with Crippen LogP contribution in [0.15, 0.2) is 0 Å². The molecule has 0 aliphatic heterocycles. The second-order valence-corrected chi connectivity index (χ2v) is 3.57. The minimum Gasteiger partial charge on any atom is -0.303 e. The van der Waals surface area contributed by atoms with E-state index >= 15 is 0 Å². The van der Waals surface area contributed by atoms with Crippen molar-refractivity contribution in [2.75, 3.05) is 19.5 Å². The molecule has 1 N–H and O–H groups in total. The lowest BCUT2D eigenvalue weighted by molar-refractivity contribution is 0.174. The maximum Gasteiger partial charge on any atom is 0.471 e. The van der Waals surface area contributed by atoms with Crippen molar-refractivity contribution < 1.29 is 18.5 Å². The van der Waals surface area contributed by atoms with E-state index in [1.165, 1.54) is 0 Å². The molecule has 0 aliphatic rings. The molecule has 4 nitrogen and oxygen atoms in total. The summed E-state index contributed by atoms with van der Waals surface area (Å²) in [4.78, 5) is 8.64. The molecule has 1 atom stereocenters. The van der Waals surface area contributed by atoms with Crippen molar-refractivity contribution in [1.29, 1.82) is 0 Å². The van der Waals surface area contributed by atoms with Crippen molar-refractivity contribution in [3.05, 3.63) is 0 Å². The zero-order valence-corrected chi connectivity index (χ0v) is 7.48. The summed E-state index contributed by atoms with van der Waals surface area (Å²) in [5.41, 5.74) is 0. The molecule has 6 heteroatoms. The molecular weight excluding hydrogens is 175 g/mol. The normalized spacial score (nSPS) is 16.7. The highest BCUT2D eigenvalue weighted by molar-refractivity contribution is 7.80. The first-order chi connectivity index (χ1) is 4.62. The lowest BCUT2D eigenvalue weighted by Crippen LogP contribution is -1.94. The van der Waals surface area contributed by atoms with E-state index in [2.05, 4.69) is 21.7 Å². The van der Waals surface area contributed by atoms with Gasteiger partial charge in [0.2, 0.25) is 0 Å². The molecule has 0 bridgehead atoms. The summed E-state index contributed by atoms with van der Waals surface area (Å²) in [6, 6.07) is 0. The fourth-order valence-electron chi connectivity index (χ4n) is 0.297. The van der Waals surface area contributed by atoms with Gasteiger partial charge in [-0.3, -0.25) is 9.05 Å². The maximum atomic E-state index is 10.5. The number of phosphoric acid groups is 1. The van der Waals surface area contributed by atoms with Crippen molar-refractivity contribution >= 4 is 20.5 Å². The predicted molar refractivity (Wildman–Crippen MR) is 41.3 cm³/mol. The topological polar surface area (TPSA) is 55.8 Å². The summed E-state index contributed by atoms with van der Waals surface area (Å²) < 4.78 is 19.2. The molecular formula is C4H11O4PS. The average Bonchev–Trinajstić information content (AvgIpc) is 1.89. The average molecular weight is 186 g/mol. The fraction of sp³-hybridized carbons (Fsp3) is 1.00. The van der Waals surface area contributed by atoms with Gasteiger partial charge < -0.3 is 4.89 Å². The second-order valence-electron chi connectivity index (χ2n) is 1.56. The smallest absolute Gasteiger partial charge is 0.303 e. The van der Waals surface area contributed by atoms with Gasteiger partial charge in [0, 0.05) is 7.11 Å². The molecule has 0 saturated carbocycles. The minimum atomic E-state index is -3.74. The van der Waals surface area contributed by atoms with E-state index < -0.39 is 7.82 Å². The van der Waals surface area contributed by atoms with Crippen LogP contribution in [0.3, 0.4) is 0 Å². The standard InChI is InChI=1S/C4H11O4PS/c1-7-9(5,6)8-3-2-4-10/h10H,2-4H2,1H3,(H,5,6). The van der Waals surface area contributed by atoms with Gasteiger partial charge in [-0.05, 0) is 12.2 Å². The first-order valence-corrected chi connectivity index (χ1v) is 4.89. The molecule has 0 heterocycles. The third kappa shape index (κ3) is 5.26. The first-order valence-electron chi connectivity index (χ1n) is 2.76. The van der Waals surface area contributed by atoms with Gasteiger partial charge in [0.15, 0.2) is 0 Å². The lowest BCUT2D eigenvalue weighted by Gasteiger charge is -2.07. The Labute approximate surface area is 65.6 Å². The van der Waals surface area contributed by atoms with Crippen LogP contribution in [0.25, 0.3) is 0 Å². The van der Waals surface area contributed by atoms with Gasteiger partial charge in [-0.2, -0.15) is 12.6 Å². The second kappa shape index (κ2) is 5.16. The molecule has 62 valence electrons. The summed E-state index contributed by atoms with van der Waals surface area (Å²) in [5, 5.41) is 0. The van der Waals surface area contributed by atoms with Crippen molar-refractivity contribution in [3.63, 3.8) is 0 Å². The monoisotopic (exact) mass is 186 g/mol. The predicted octanol–water partition coefficient (Wildman–Crippen LogP) is 1.07. The molecule has 0 rings (SSSR count). The van der Waals surface area contributed by atoms with Crippen LogP contribution in [-0.4, -0.2) is 24.4 Å². The van der Waals surface area contributed by atoms with Crippen LogP contribution in [0.4, 0.5) is 0 Å². The van der Waals surface area contributed by atoms with Crippen molar-refractivity contribution in [3.8, 4) is 0 Å². The van der Waals surface area contributed by atoms with Gasteiger partial charge >= 0.3 is 7.82 Å². The Balaban J connectivity index is 3.38. The van der Waals surface area contributed by atoms with Gasteiger partial charge in [0.05, 0.1) is 6.61 Å². The number of hydrogen-bond acceptors (Lipinski definition) is 4. The number of hydrogen-bond donors (Lipinski definition) is 2. The van der Waals surface area contributed by atoms with Crippen LogP contribution in [0, 0.1) is 0 Å². The summed E-state index contributed by atoms with van der Waals surface area (Å²) in [5.74, 6) is 0.629. The Kier molecular flexibility index (Phi) is 5.39. The van der Waals surface area contributed by atoms with E-state index in [0.717, 1.165) is 7.11 Å². The molecule has 0 radical (unpaired) electrons. The van der Waals surface area contributed by atoms with Gasteiger partial charge in [-0.15, -0.1) is 0 Å². The van der Waals surface area contributed by atoms with Crippen LogP contribution < -0.4 is 0 Å². The minimum absolute atomic E-state index is 0.200. The van der Waals surface area contributed by atoms with Crippen molar-refractivity contribution in [1.82, 2.24) is 0 Å². The molecule has 1 unspecified atom stereocenters. The van der Waals surface area contributed by atoms with Gasteiger partial charge in [0.1, 0.15) is 0 Å². The Morgan fingerprint density at radius 1 is 1.70 bits per heavy atom. The Morgan fingerprint density at radius 2 is 2.30 bits per heavy atom. The van der Waals surface area contributed by atoms with Crippen molar-refractivity contribution in [2.45, 2.75) is 6.42 Å². The molecule has 0 aromatic carbocycles. The van der Waals surface area contributed by atoms with E-state index in [9.17, 15) is 4.57 Å². The van der Waals surface area contributed by atoms with E-state index in [1.807, 2.05) is 0 Å².